The van der Waals surface area contributed by atoms with Crippen LogP contribution in [0, 0.1) is 5.82 Å². The van der Waals surface area contributed by atoms with Crippen LogP contribution in [0.2, 0.25) is 0 Å². The molecule has 20 heavy (non-hydrogen) atoms. The predicted molar refractivity (Wildman–Crippen MR) is 75.5 cm³/mol. The fourth-order valence-corrected chi connectivity index (χ4v) is 3.40. The second-order valence-electron chi connectivity index (χ2n) is 4.94. The van der Waals surface area contributed by atoms with Crippen molar-refractivity contribution in [3.63, 3.8) is 0 Å². The zero-order valence-corrected chi connectivity index (χ0v) is 11.6. The van der Waals surface area contributed by atoms with Crippen molar-refractivity contribution in [1.82, 2.24) is 4.90 Å². The molecule has 0 bridgehead atoms. The van der Waals surface area contributed by atoms with Crippen LogP contribution in [0.3, 0.4) is 0 Å². The van der Waals surface area contributed by atoms with Crippen LogP contribution in [0.25, 0.3) is 0 Å². The first kappa shape index (κ1) is 13.3. The normalized spacial score (nSPS) is 15.1. The highest BCUT2D eigenvalue weighted by Crippen LogP contribution is 2.25. The highest BCUT2D eigenvalue weighted by molar-refractivity contribution is 7.10. The summed E-state index contributed by atoms with van der Waals surface area (Å²) in [5, 5.41) is 11.1. The van der Waals surface area contributed by atoms with E-state index in [2.05, 4.69) is 16.3 Å². The Balaban J connectivity index is 1.78. The molecule has 1 aliphatic heterocycles. The molecule has 0 atom stereocenters. The monoisotopic (exact) mass is 291 g/mol. The van der Waals surface area contributed by atoms with Crippen LogP contribution < -0.4 is 0 Å². The average Bonchev–Trinajstić information content (AvgIpc) is 2.88. The van der Waals surface area contributed by atoms with E-state index in [1.54, 1.807) is 11.3 Å². The number of thiophene rings is 1. The SMILES string of the molecule is O=C(O)c1ccc(F)c(CN2CCc3sccc3C2)c1. The number of carboxylic acids is 1. The van der Waals surface area contributed by atoms with Gasteiger partial charge in [-0.05, 0) is 41.6 Å². The third-order valence-electron chi connectivity index (χ3n) is 3.57. The van der Waals surface area contributed by atoms with E-state index in [1.165, 1.54) is 28.6 Å². The molecule has 0 unspecified atom stereocenters. The maximum atomic E-state index is 13.8. The largest absolute Gasteiger partial charge is 0.478 e. The van der Waals surface area contributed by atoms with Gasteiger partial charge in [-0.1, -0.05) is 0 Å². The number of aromatic carboxylic acids is 1. The lowest BCUT2D eigenvalue weighted by atomic mass is 10.1. The Morgan fingerprint density at radius 1 is 1.40 bits per heavy atom. The number of benzene rings is 1. The van der Waals surface area contributed by atoms with E-state index in [9.17, 15) is 9.18 Å². The topological polar surface area (TPSA) is 40.5 Å². The van der Waals surface area contributed by atoms with Gasteiger partial charge < -0.3 is 5.11 Å². The fraction of sp³-hybridized carbons (Fsp3) is 0.267. The lowest BCUT2D eigenvalue weighted by molar-refractivity contribution is 0.0696. The van der Waals surface area contributed by atoms with Gasteiger partial charge in [0.15, 0.2) is 0 Å². The van der Waals surface area contributed by atoms with Crippen molar-refractivity contribution >= 4 is 17.3 Å². The Bertz CT molecular complexity index is 653. The second kappa shape index (κ2) is 5.34. The van der Waals surface area contributed by atoms with E-state index >= 15 is 0 Å². The molecule has 3 rings (SSSR count). The summed E-state index contributed by atoms with van der Waals surface area (Å²) in [6.45, 7) is 2.13. The van der Waals surface area contributed by atoms with Crippen LogP contribution >= 0.6 is 11.3 Å². The molecule has 0 amide bonds. The van der Waals surface area contributed by atoms with Crippen molar-refractivity contribution in [2.75, 3.05) is 6.54 Å². The first-order valence-electron chi connectivity index (χ1n) is 6.43. The summed E-state index contributed by atoms with van der Waals surface area (Å²) in [7, 11) is 0. The van der Waals surface area contributed by atoms with Crippen molar-refractivity contribution in [2.24, 2.45) is 0 Å². The van der Waals surface area contributed by atoms with Gasteiger partial charge in [-0.25, -0.2) is 9.18 Å². The number of halogens is 1. The second-order valence-corrected chi connectivity index (χ2v) is 5.94. The molecule has 5 heteroatoms. The third kappa shape index (κ3) is 2.59. The third-order valence-corrected chi connectivity index (χ3v) is 4.60. The molecule has 0 saturated carbocycles. The Hall–Kier alpha value is -1.72. The Labute approximate surface area is 120 Å². The number of rotatable bonds is 3. The first-order chi connectivity index (χ1) is 9.63. The summed E-state index contributed by atoms with van der Waals surface area (Å²) in [4.78, 5) is 14.5. The van der Waals surface area contributed by atoms with Crippen LogP contribution in [-0.2, 0) is 19.5 Å². The highest BCUT2D eigenvalue weighted by Gasteiger charge is 2.19. The number of hydrogen-bond acceptors (Lipinski definition) is 3. The predicted octanol–water partition coefficient (Wildman–Crippen LogP) is 3.14. The number of carbonyl (C=O) groups is 1. The van der Waals surface area contributed by atoms with Gasteiger partial charge >= 0.3 is 5.97 Å². The minimum Gasteiger partial charge on any atom is -0.478 e. The molecule has 1 aromatic carbocycles. The molecule has 0 spiro atoms. The lowest BCUT2D eigenvalue weighted by Gasteiger charge is -2.27. The van der Waals surface area contributed by atoms with Gasteiger partial charge in [-0.15, -0.1) is 11.3 Å². The summed E-state index contributed by atoms with van der Waals surface area (Å²) in [6, 6.07) is 6.07. The average molecular weight is 291 g/mol. The molecule has 0 saturated heterocycles. The molecular formula is C15H14FNO2S. The molecule has 0 aliphatic carbocycles. The van der Waals surface area contributed by atoms with Crippen molar-refractivity contribution in [3.05, 3.63) is 57.0 Å². The number of hydrogen-bond donors (Lipinski definition) is 1. The molecule has 2 aromatic rings. The van der Waals surface area contributed by atoms with Gasteiger partial charge in [0.25, 0.3) is 0 Å². The molecule has 1 aromatic heterocycles. The maximum Gasteiger partial charge on any atom is 0.335 e. The van der Waals surface area contributed by atoms with Crippen LogP contribution in [0.5, 0.6) is 0 Å². The summed E-state index contributed by atoms with van der Waals surface area (Å²) in [5.41, 5.74) is 1.88. The van der Waals surface area contributed by atoms with Crippen molar-refractivity contribution in [1.29, 1.82) is 0 Å². The van der Waals surface area contributed by atoms with Gasteiger partial charge in [-0.2, -0.15) is 0 Å². The van der Waals surface area contributed by atoms with Gasteiger partial charge in [0.2, 0.25) is 0 Å². The van der Waals surface area contributed by atoms with Gasteiger partial charge in [0.1, 0.15) is 5.82 Å². The van der Waals surface area contributed by atoms with Crippen LogP contribution in [0.1, 0.15) is 26.4 Å². The van der Waals surface area contributed by atoms with E-state index in [4.69, 9.17) is 5.11 Å². The molecule has 2 heterocycles. The van der Waals surface area contributed by atoms with E-state index in [1.807, 2.05) is 0 Å². The molecule has 3 nitrogen and oxygen atoms in total. The smallest absolute Gasteiger partial charge is 0.335 e. The van der Waals surface area contributed by atoms with E-state index < -0.39 is 5.97 Å². The zero-order valence-electron chi connectivity index (χ0n) is 10.8. The molecule has 104 valence electrons. The van der Waals surface area contributed by atoms with Crippen LogP contribution in [0.4, 0.5) is 4.39 Å². The summed E-state index contributed by atoms with van der Waals surface area (Å²) < 4.78 is 13.8. The van der Waals surface area contributed by atoms with E-state index in [0.29, 0.717) is 12.1 Å². The first-order valence-corrected chi connectivity index (χ1v) is 7.31. The Kier molecular flexibility index (Phi) is 3.54. The minimum absolute atomic E-state index is 0.134. The number of fused-ring (bicyclic) bond motifs is 1. The van der Waals surface area contributed by atoms with Crippen molar-refractivity contribution in [2.45, 2.75) is 19.5 Å². The summed E-state index contributed by atoms with van der Waals surface area (Å²) >= 11 is 1.76. The van der Waals surface area contributed by atoms with Gasteiger partial charge in [0.05, 0.1) is 5.56 Å². The van der Waals surface area contributed by atoms with E-state index in [0.717, 1.165) is 19.5 Å². The quantitative estimate of drug-likeness (QED) is 0.944. The maximum absolute atomic E-state index is 13.8. The number of carboxylic acid groups (broad SMARTS) is 1. The molecular weight excluding hydrogens is 277 g/mol. The molecule has 0 radical (unpaired) electrons. The summed E-state index contributed by atoms with van der Waals surface area (Å²) in [6.07, 6.45) is 0.979. The molecule has 1 aliphatic rings. The van der Waals surface area contributed by atoms with Gasteiger partial charge in [-0.3, -0.25) is 4.90 Å². The summed E-state index contributed by atoms with van der Waals surface area (Å²) in [5.74, 6) is -1.36. The standard InChI is InChI=1S/C15H14FNO2S/c16-13-2-1-10(15(18)19)7-12(13)9-17-5-3-14-11(8-17)4-6-20-14/h1-2,4,6-7H,3,5,8-9H2,(H,18,19). The van der Waals surface area contributed by atoms with Crippen molar-refractivity contribution in [3.8, 4) is 0 Å². The van der Waals surface area contributed by atoms with Crippen LogP contribution in [-0.4, -0.2) is 22.5 Å². The molecule has 0 fully saturated rings. The fourth-order valence-electron chi connectivity index (χ4n) is 2.51. The molecule has 1 N–H and O–H groups in total. The minimum atomic E-state index is -1.02. The Morgan fingerprint density at radius 2 is 2.25 bits per heavy atom. The Morgan fingerprint density at radius 3 is 3.05 bits per heavy atom. The van der Waals surface area contributed by atoms with Gasteiger partial charge in [0, 0.05) is 30.1 Å². The van der Waals surface area contributed by atoms with E-state index in [-0.39, 0.29) is 11.4 Å². The van der Waals surface area contributed by atoms with Crippen LogP contribution in [0.15, 0.2) is 29.6 Å². The number of nitrogens with zero attached hydrogens (tertiary/aromatic N) is 1. The lowest BCUT2D eigenvalue weighted by Crippen LogP contribution is -2.29. The zero-order chi connectivity index (χ0) is 14.1. The van der Waals surface area contributed by atoms with Crippen molar-refractivity contribution < 1.29 is 14.3 Å². The highest BCUT2D eigenvalue weighted by atomic mass is 32.1.